The number of rotatable bonds is 3. The van der Waals surface area contributed by atoms with Crippen LogP contribution in [0.2, 0.25) is 5.02 Å². The zero-order valence-corrected chi connectivity index (χ0v) is 16.7. The van der Waals surface area contributed by atoms with Crippen molar-refractivity contribution in [2.24, 2.45) is 11.7 Å². The van der Waals surface area contributed by atoms with Crippen LogP contribution in [0.15, 0.2) is 34.9 Å². The summed E-state index contributed by atoms with van der Waals surface area (Å²) in [7, 11) is 0. The Morgan fingerprint density at radius 3 is 2.96 bits per heavy atom. The van der Waals surface area contributed by atoms with Crippen molar-refractivity contribution >= 4 is 28.6 Å². The molecule has 0 spiro atoms. The van der Waals surface area contributed by atoms with E-state index in [0.717, 1.165) is 24.9 Å². The average Bonchev–Trinajstić information content (AvgIpc) is 3.08. The topological polar surface area (TPSA) is 85.2 Å². The lowest BCUT2D eigenvalue weighted by Crippen LogP contribution is -2.45. The van der Waals surface area contributed by atoms with E-state index < -0.39 is 0 Å². The summed E-state index contributed by atoms with van der Waals surface area (Å²) in [6.45, 7) is 5.22. The van der Waals surface area contributed by atoms with Crippen molar-refractivity contribution in [3.05, 3.63) is 46.6 Å². The van der Waals surface area contributed by atoms with Gasteiger partial charge in [0.2, 0.25) is 0 Å². The van der Waals surface area contributed by atoms with E-state index in [2.05, 4.69) is 10.1 Å². The zero-order chi connectivity index (χ0) is 19.8. The maximum atomic E-state index is 13.4. The molecule has 1 aliphatic heterocycles. The number of hydrogen-bond acceptors (Lipinski definition) is 5. The first-order valence-electron chi connectivity index (χ1n) is 9.52. The number of carbonyl (C=O) groups excluding carboxylic acids is 1. The number of nitrogens with two attached hydrogens (primary N) is 1. The van der Waals surface area contributed by atoms with Gasteiger partial charge in [0.1, 0.15) is 0 Å². The van der Waals surface area contributed by atoms with Crippen LogP contribution in [0.5, 0.6) is 0 Å². The number of carbonyl (C=O) groups is 1. The molecule has 6 nitrogen and oxygen atoms in total. The molecule has 0 unspecified atom stereocenters. The van der Waals surface area contributed by atoms with Gasteiger partial charge in [0.15, 0.2) is 0 Å². The van der Waals surface area contributed by atoms with Crippen molar-refractivity contribution in [1.82, 2.24) is 15.0 Å². The maximum absolute atomic E-state index is 13.4. The highest BCUT2D eigenvalue weighted by Gasteiger charge is 2.29. The number of hydrogen-bond donors (Lipinski definition) is 1. The van der Waals surface area contributed by atoms with Gasteiger partial charge in [-0.3, -0.25) is 4.79 Å². The van der Waals surface area contributed by atoms with Crippen molar-refractivity contribution in [2.45, 2.75) is 32.7 Å². The highest BCUT2D eigenvalue weighted by Crippen LogP contribution is 2.30. The summed E-state index contributed by atoms with van der Waals surface area (Å²) >= 11 is 6.14. The number of aryl methyl sites for hydroxylation is 1. The smallest absolute Gasteiger partial charge is 0.259 e. The summed E-state index contributed by atoms with van der Waals surface area (Å²) in [4.78, 5) is 19.9. The molecule has 3 heterocycles. The van der Waals surface area contributed by atoms with Crippen molar-refractivity contribution < 1.29 is 9.32 Å². The van der Waals surface area contributed by atoms with Gasteiger partial charge in [0.05, 0.1) is 22.3 Å². The molecule has 2 aromatic heterocycles. The van der Waals surface area contributed by atoms with Crippen LogP contribution in [0.3, 0.4) is 0 Å². The van der Waals surface area contributed by atoms with E-state index >= 15 is 0 Å². The first-order valence-corrected chi connectivity index (χ1v) is 9.89. The number of amides is 1. The van der Waals surface area contributed by atoms with Crippen LogP contribution in [-0.4, -0.2) is 40.1 Å². The van der Waals surface area contributed by atoms with E-state index in [-0.39, 0.29) is 11.9 Å². The monoisotopic (exact) mass is 398 g/mol. The Kier molecular flexibility index (Phi) is 5.08. The first-order chi connectivity index (χ1) is 13.4. The number of piperidine rings is 1. The highest BCUT2D eigenvalue weighted by molar-refractivity contribution is 6.30. The minimum Gasteiger partial charge on any atom is -0.338 e. The van der Waals surface area contributed by atoms with Gasteiger partial charge in [-0.2, -0.15) is 0 Å². The molecule has 2 N–H and O–H groups in total. The second kappa shape index (κ2) is 7.53. The normalized spacial score (nSPS) is 18.4. The van der Waals surface area contributed by atoms with Crippen molar-refractivity contribution in [1.29, 1.82) is 0 Å². The van der Waals surface area contributed by atoms with Crippen LogP contribution >= 0.6 is 11.6 Å². The fourth-order valence-corrected chi connectivity index (χ4v) is 4.04. The molecule has 3 aromatic rings. The number of likely N-dealkylation sites (tertiary alicyclic amines) is 1. The van der Waals surface area contributed by atoms with E-state index in [1.54, 1.807) is 6.07 Å². The number of nitrogens with zero attached hydrogens (tertiary/aromatic N) is 3. The second-order valence-corrected chi connectivity index (χ2v) is 7.96. The van der Waals surface area contributed by atoms with Gasteiger partial charge in [0.25, 0.3) is 11.6 Å². The van der Waals surface area contributed by atoms with E-state index in [1.807, 2.05) is 43.0 Å². The van der Waals surface area contributed by atoms with Crippen LogP contribution in [0, 0.1) is 12.8 Å². The summed E-state index contributed by atoms with van der Waals surface area (Å²) in [6.07, 6.45) is 2.00. The molecular formula is C21H23ClN4O2. The Hall–Kier alpha value is -2.44. The van der Waals surface area contributed by atoms with Gasteiger partial charge in [-0.15, -0.1) is 0 Å². The van der Waals surface area contributed by atoms with Gasteiger partial charge >= 0.3 is 0 Å². The Labute approximate surface area is 168 Å². The summed E-state index contributed by atoms with van der Waals surface area (Å²) in [6, 6.07) is 9.26. The quantitative estimate of drug-likeness (QED) is 0.719. The highest BCUT2D eigenvalue weighted by atomic mass is 35.5. The van der Waals surface area contributed by atoms with Gasteiger partial charge in [-0.05, 0) is 50.8 Å². The summed E-state index contributed by atoms with van der Waals surface area (Å²) < 4.78 is 5.39. The van der Waals surface area contributed by atoms with E-state index in [9.17, 15) is 4.79 Å². The SMILES string of the molecule is Cc1noc2nc(-c3cccc(Cl)c3)cc(C(=O)N3CCC[C@@H]([C@H](C)N)C3)c12. The van der Waals surface area contributed by atoms with Crippen molar-refractivity contribution in [2.75, 3.05) is 13.1 Å². The Bertz CT molecular complexity index is 1030. The van der Waals surface area contributed by atoms with E-state index in [4.69, 9.17) is 21.9 Å². The fourth-order valence-electron chi connectivity index (χ4n) is 3.85. The molecule has 1 saturated heterocycles. The molecule has 0 bridgehead atoms. The molecule has 0 radical (unpaired) electrons. The largest absolute Gasteiger partial charge is 0.338 e. The summed E-state index contributed by atoms with van der Waals surface area (Å²) in [5.41, 5.74) is 9.13. The molecule has 1 amide bonds. The van der Waals surface area contributed by atoms with Crippen LogP contribution in [0.4, 0.5) is 0 Å². The Morgan fingerprint density at radius 2 is 2.21 bits per heavy atom. The summed E-state index contributed by atoms with van der Waals surface area (Å²) in [5.74, 6) is 0.276. The third kappa shape index (κ3) is 3.50. The van der Waals surface area contributed by atoms with Crippen LogP contribution in [-0.2, 0) is 0 Å². The van der Waals surface area contributed by atoms with Crippen LogP contribution < -0.4 is 5.73 Å². The molecule has 1 aromatic carbocycles. The predicted molar refractivity (Wildman–Crippen MR) is 109 cm³/mol. The third-order valence-electron chi connectivity index (χ3n) is 5.46. The Balaban J connectivity index is 1.79. The first kappa shape index (κ1) is 18.9. The number of pyridine rings is 1. The predicted octanol–water partition coefficient (Wildman–Crippen LogP) is 4.05. The van der Waals surface area contributed by atoms with Crippen LogP contribution in [0.1, 0.15) is 35.8 Å². The second-order valence-electron chi connectivity index (χ2n) is 7.53. The molecule has 1 fully saturated rings. The molecular weight excluding hydrogens is 376 g/mol. The van der Waals surface area contributed by atoms with Crippen molar-refractivity contribution in [3.63, 3.8) is 0 Å². The summed E-state index contributed by atoms with van der Waals surface area (Å²) in [5, 5.41) is 5.30. The molecule has 1 aliphatic rings. The maximum Gasteiger partial charge on any atom is 0.259 e. The van der Waals surface area contributed by atoms with Gasteiger partial charge in [-0.25, -0.2) is 4.98 Å². The van der Waals surface area contributed by atoms with Crippen molar-refractivity contribution in [3.8, 4) is 11.3 Å². The Morgan fingerprint density at radius 1 is 1.39 bits per heavy atom. The molecule has 28 heavy (non-hydrogen) atoms. The lowest BCUT2D eigenvalue weighted by atomic mass is 9.91. The van der Waals surface area contributed by atoms with Gasteiger partial charge < -0.3 is 15.2 Å². The average molecular weight is 399 g/mol. The molecule has 7 heteroatoms. The standard InChI is InChI=1S/C21H23ClN4O2/c1-12(23)15-6-4-8-26(11-15)21(27)17-10-18(14-5-3-7-16(22)9-14)24-20-19(17)13(2)25-28-20/h3,5,7,9-10,12,15H,4,6,8,11,23H2,1-2H3/t12-,15+/m0/s1. The fraction of sp³-hybridized carbons (Fsp3) is 0.381. The minimum absolute atomic E-state index is 0.0349. The molecule has 146 valence electrons. The zero-order valence-electron chi connectivity index (χ0n) is 16.0. The van der Waals surface area contributed by atoms with Gasteiger partial charge in [-0.1, -0.05) is 28.9 Å². The minimum atomic E-state index is -0.0349. The third-order valence-corrected chi connectivity index (χ3v) is 5.69. The number of aromatic nitrogens is 2. The van der Waals surface area contributed by atoms with Gasteiger partial charge in [0, 0.05) is 29.7 Å². The molecule has 2 atom stereocenters. The number of fused-ring (bicyclic) bond motifs is 1. The number of benzene rings is 1. The lowest BCUT2D eigenvalue weighted by molar-refractivity contribution is 0.0663. The van der Waals surface area contributed by atoms with E-state index in [1.165, 1.54) is 0 Å². The molecule has 0 aliphatic carbocycles. The van der Waals surface area contributed by atoms with Crippen LogP contribution in [0.25, 0.3) is 22.4 Å². The lowest BCUT2D eigenvalue weighted by Gasteiger charge is -2.34. The van der Waals surface area contributed by atoms with E-state index in [0.29, 0.717) is 45.5 Å². The molecule has 0 saturated carbocycles. The number of halogens is 1. The molecule has 4 rings (SSSR count).